The number of nitrogens with one attached hydrogen (secondary N) is 2. The van der Waals surface area contributed by atoms with Gasteiger partial charge in [0.25, 0.3) is 0 Å². The van der Waals surface area contributed by atoms with E-state index in [2.05, 4.69) is 17.6 Å². The molecule has 1 aliphatic rings. The first-order chi connectivity index (χ1) is 7.38. The zero-order valence-corrected chi connectivity index (χ0v) is 12.3. The molecule has 1 fully saturated rings. The molecule has 1 amide bonds. The predicted molar refractivity (Wildman–Crippen MR) is 74.5 cm³/mol. The molecule has 0 aromatic rings. The topological polar surface area (TPSA) is 41.1 Å². The Hall–Kier alpha value is -0.280. The minimum atomic E-state index is -0.110. The fourth-order valence-corrected chi connectivity index (χ4v) is 2.29. The average Bonchev–Trinajstić information content (AvgIpc) is 2.16. The first-order valence-corrected chi connectivity index (χ1v) is 6.40. The van der Waals surface area contributed by atoms with Crippen LogP contribution in [0.15, 0.2) is 0 Å². The van der Waals surface area contributed by atoms with Gasteiger partial charge < -0.3 is 10.6 Å². The van der Waals surface area contributed by atoms with Crippen LogP contribution >= 0.6 is 12.4 Å². The third kappa shape index (κ3) is 6.89. The number of rotatable bonds is 3. The van der Waals surface area contributed by atoms with E-state index < -0.39 is 0 Å². The highest BCUT2D eigenvalue weighted by Crippen LogP contribution is 2.22. The maximum Gasteiger partial charge on any atom is 0.220 e. The van der Waals surface area contributed by atoms with E-state index >= 15 is 0 Å². The lowest BCUT2D eigenvalue weighted by Crippen LogP contribution is -2.42. The second-order valence-corrected chi connectivity index (χ2v) is 6.09. The highest BCUT2D eigenvalue weighted by molar-refractivity contribution is 5.85. The summed E-state index contributed by atoms with van der Waals surface area (Å²) in [6.07, 6.45) is 3.16. The fourth-order valence-electron chi connectivity index (χ4n) is 2.29. The highest BCUT2D eigenvalue weighted by Gasteiger charge is 2.23. The molecule has 0 aliphatic carbocycles. The van der Waals surface area contributed by atoms with Crippen molar-refractivity contribution in [2.45, 2.75) is 52.5 Å². The van der Waals surface area contributed by atoms with Gasteiger partial charge in [-0.2, -0.15) is 0 Å². The highest BCUT2D eigenvalue weighted by atomic mass is 35.5. The van der Waals surface area contributed by atoms with Crippen LogP contribution in [0.25, 0.3) is 0 Å². The molecule has 2 unspecified atom stereocenters. The van der Waals surface area contributed by atoms with Crippen LogP contribution in [0, 0.1) is 11.8 Å². The summed E-state index contributed by atoms with van der Waals surface area (Å²) in [5, 5.41) is 6.44. The summed E-state index contributed by atoms with van der Waals surface area (Å²) in [5.74, 6) is 1.33. The van der Waals surface area contributed by atoms with Crippen LogP contribution < -0.4 is 10.6 Å². The summed E-state index contributed by atoms with van der Waals surface area (Å²) in [6.45, 7) is 10.5. The molecule has 0 saturated carbocycles. The van der Waals surface area contributed by atoms with Crippen molar-refractivity contribution in [3.63, 3.8) is 0 Å². The number of halogens is 1. The quantitative estimate of drug-likeness (QED) is 0.820. The largest absolute Gasteiger partial charge is 0.352 e. The van der Waals surface area contributed by atoms with Gasteiger partial charge >= 0.3 is 0 Å². The molecule has 1 heterocycles. The Morgan fingerprint density at radius 1 is 1.47 bits per heavy atom. The standard InChI is InChI=1S/C13H26N2O.ClH/c1-10(11-6-5-7-14-9-11)8-12(16)15-13(2,3)4;/h10-11,14H,5-9H2,1-4H3,(H,15,16);1H. The summed E-state index contributed by atoms with van der Waals surface area (Å²) in [7, 11) is 0. The van der Waals surface area contributed by atoms with E-state index in [9.17, 15) is 4.79 Å². The van der Waals surface area contributed by atoms with Crippen molar-refractivity contribution in [2.24, 2.45) is 11.8 Å². The van der Waals surface area contributed by atoms with Gasteiger partial charge in [-0.25, -0.2) is 0 Å². The Balaban J connectivity index is 0.00000256. The number of hydrogen-bond acceptors (Lipinski definition) is 2. The zero-order chi connectivity index (χ0) is 12.2. The summed E-state index contributed by atoms with van der Waals surface area (Å²) in [5.41, 5.74) is -0.110. The molecule has 0 radical (unpaired) electrons. The maximum absolute atomic E-state index is 11.8. The number of hydrogen-bond donors (Lipinski definition) is 2. The van der Waals surface area contributed by atoms with Crippen LogP contribution in [0.5, 0.6) is 0 Å². The Bertz CT molecular complexity index is 232. The molecule has 0 aromatic heterocycles. The van der Waals surface area contributed by atoms with Crippen molar-refractivity contribution in [2.75, 3.05) is 13.1 Å². The normalized spacial score (nSPS) is 22.5. The minimum Gasteiger partial charge on any atom is -0.352 e. The van der Waals surface area contributed by atoms with Crippen LogP contribution in [0.3, 0.4) is 0 Å². The van der Waals surface area contributed by atoms with Crippen molar-refractivity contribution < 1.29 is 4.79 Å². The van der Waals surface area contributed by atoms with Gasteiger partial charge in [-0.3, -0.25) is 4.79 Å². The molecular weight excluding hydrogens is 236 g/mol. The Morgan fingerprint density at radius 2 is 2.12 bits per heavy atom. The molecule has 4 heteroatoms. The molecule has 0 spiro atoms. The molecule has 2 atom stereocenters. The van der Waals surface area contributed by atoms with Crippen LogP contribution in [-0.2, 0) is 4.79 Å². The molecule has 1 saturated heterocycles. The van der Waals surface area contributed by atoms with Gasteiger partial charge in [0.05, 0.1) is 0 Å². The van der Waals surface area contributed by atoms with Crippen LogP contribution in [-0.4, -0.2) is 24.5 Å². The molecule has 0 bridgehead atoms. The number of carbonyl (C=O) groups excluding carboxylic acids is 1. The van der Waals surface area contributed by atoms with Gasteiger partial charge in [-0.1, -0.05) is 6.92 Å². The lowest BCUT2D eigenvalue weighted by Gasteiger charge is -2.29. The van der Waals surface area contributed by atoms with Crippen LogP contribution in [0.4, 0.5) is 0 Å². The van der Waals surface area contributed by atoms with Crippen molar-refractivity contribution >= 4 is 18.3 Å². The number of carbonyl (C=O) groups is 1. The Morgan fingerprint density at radius 3 is 2.59 bits per heavy atom. The summed E-state index contributed by atoms with van der Waals surface area (Å²) in [6, 6.07) is 0. The molecule has 0 aromatic carbocycles. The molecule has 3 nitrogen and oxygen atoms in total. The van der Waals surface area contributed by atoms with E-state index in [1.807, 2.05) is 20.8 Å². The van der Waals surface area contributed by atoms with E-state index in [4.69, 9.17) is 0 Å². The lowest BCUT2D eigenvalue weighted by atomic mass is 9.85. The molecule has 102 valence electrons. The van der Waals surface area contributed by atoms with Gasteiger partial charge in [0.1, 0.15) is 0 Å². The van der Waals surface area contributed by atoms with Crippen molar-refractivity contribution in [1.29, 1.82) is 0 Å². The predicted octanol–water partition coefficient (Wildman–Crippen LogP) is 2.35. The second-order valence-electron chi connectivity index (χ2n) is 6.09. The molecule has 1 rings (SSSR count). The van der Waals surface area contributed by atoms with Gasteiger partial charge in [0.2, 0.25) is 5.91 Å². The van der Waals surface area contributed by atoms with Crippen molar-refractivity contribution in [1.82, 2.24) is 10.6 Å². The van der Waals surface area contributed by atoms with E-state index in [-0.39, 0.29) is 23.9 Å². The van der Waals surface area contributed by atoms with Gasteiger partial charge in [-0.05, 0) is 58.5 Å². The number of amides is 1. The summed E-state index contributed by atoms with van der Waals surface area (Å²) >= 11 is 0. The van der Waals surface area contributed by atoms with E-state index in [0.29, 0.717) is 18.3 Å². The monoisotopic (exact) mass is 262 g/mol. The second kappa shape index (κ2) is 7.22. The lowest BCUT2D eigenvalue weighted by molar-refractivity contribution is -0.123. The Kier molecular flexibility index (Phi) is 7.10. The van der Waals surface area contributed by atoms with Crippen LogP contribution in [0.1, 0.15) is 47.0 Å². The molecular formula is C13H27ClN2O. The van der Waals surface area contributed by atoms with Gasteiger partial charge in [-0.15, -0.1) is 12.4 Å². The molecule has 17 heavy (non-hydrogen) atoms. The molecule has 2 N–H and O–H groups in total. The summed E-state index contributed by atoms with van der Waals surface area (Å²) in [4.78, 5) is 11.8. The Labute approximate surface area is 112 Å². The number of piperidine rings is 1. The average molecular weight is 263 g/mol. The van der Waals surface area contributed by atoms with Crippen molar-refractivity contribution in [3.05, 3.63) is 0 Å². The van der Waals surface area contributed by atoms with E-state index in [1.165, 1.54) is 12.8 Å². The smallest absolute Gasteiger partial charge is 0.220 e. The van der Waals surface area contributed by atoms with Crippen LogP contribution in [0.2, 0.25) is 0 Å². The zero-order valence-electron chi connectivity index (χ0n) is 11.5. The van der Waals surface area contributed by atoms with Crippen molar-refractivity contribution in [3.8, 4) is 0 Å². The van der Waals surface area contributed by atoms with E-state index in [1.54, 1.807) is 0 Å². The maximum atomic E-state index is 11.8. The van der Waals surface area contributed by atoms with Gasteiger partial charge in [0, 0.05) is 12.0 Å². The SMILES string of the molecule is CC(CC(=O)NC(C)(C)C)C1CCCNC1.Cl. The minimum absolute atomic E-state index is 0. The third-order valence-corrected chi connectivity index (χ3v) is 3.16. The first-order valence-electron chi connectivity index (χ1n) is 6.40. The third-order valence-electron chi connectivity index (χ3n) is 3.16. The van der Waals surface area contributed by atoms with Gasteiger partial charge in [0.15, 0.2) is 0 Å². The van der Waals surface area contributed by atoms with E-state index in [0.717, 1.165) is 13.1 Å². The summed E-state index contributed by atoms with van der Waals surface area (Å²) < 4.78 is 0. The first kappa shape index (κ1) is 16.7. The fraction of sp³-hybridized carbons (Fsp3) is 0.923. The molecule has 1 aliphatic heterocycles.